The third kappa shape index (κ3) is 2.71. The van der Waals surface area contributed by atoms with E-state index in [4.69, 9.17) is 0 Å². The molecule has 3 nitrogen and oxygen atoms in total. The Morgan fingerprint density at radius 3 is 2.85 bits per heavy atom. The molecule has 0 aliphatic rings. The van der Waals surface area contributed by atoms with Crippen molar-refractivity contribution in [3.63, 3.8) is 0 Å². The fraction of sp³-hybridized carbons (Fsp3) is 0.200. The highest BCUT2D eigenvalue weighted by Crippen LogP contribution is 2.09. The van der Waals surface area contributed by atoms with Crippen molar-refractivity contribution in [2.24, 2.45) is 0 Å². The summed E-state index contributed by atoms with van der Waals surface area (Å²) in [5.74, 6) is -0.358. The van der Waals surface area contributed by atoms with Gasteiger partial charge in [0, 0.05) is 12.3 Å². The Bertz CT molecular complexity index is 317. The lowest BCUT2D eigenvalue weighted by Crippen LogP contribution is -1.96. The molecule has 0 saturated heterocycles. The molecule has 0 aliphatic heterocycles. The van der Waals surface area contributed by atoms with Crippen LogP contribution >= 0.6 is 0 Å². The van der Waals surface area contributed by atoms with Gasteiger partial charge >= 0.3 is 5.97 Å². The van der Waals surface area contributed by atoms with Gasteiger partial charge in [0.15, 0.2) is 0 Å². The van der Waals surface area contributed by atoms with Crippen LogP contribution in [0.1, 0.15) is 12.6 Å². The van der Waals surface area contributed by atoms with E-state index in [1.165, 1.54) is 13.2 Å². The number of allylic oxidation sites excluding steroid dienone is 1. The summed E-state index contributed by atoms with van der Waals surface area (Å²) in [6.45, 7) is 1.82. The van der Waals surface area contributed by atoms with Crippen LogP contribution in [0.2, 0.25) is 0 Å². The number of rotatable bonds is 2. The summed E-state index contributed by atoms with van der Waals surface area (Å²) in [5.41, 5.74) is 1.58. The average molecular weight is 177 g/mol. The van der Waals surface area contributed by atoms with Crippen molar-refractivity contribution in [3.8, 4) is 0 Å². The first kappa shape index (κ1) is 9.45. The van der Waals surface area contributed by atoms with Gasteiger partial charge in [0.05, 0.1) is 12.8 Å². The Hall–Kier alpha value is -1.64. The van der Waals surface area contributed by atoms with Gasteiger partial charge in [-0.15, -0.1) is 0 Å². The molecule has 1 heterocycles. The molecule has 0 N–H and O–H groups in total. The molecule has 1 aromatic heterocycles. The number of ether oxygens (including phenoxy) is 1. The van der Waals surface area contributed by atoms with Crippen LogP contribution in [-0.4, -0.2) is 18.1 Å². The molecule has 0 aliphatic carbocycles. The van der Waals surface area contributed by atoms with E-state index in [1.54, 1.807) is 6.20 Å². The van der Waals surface area contributed by atoms with Crippen LogP contribution < -0.4 is 0 Å². The van der Waals surface area contributed by atoms with Gasteiger partial charge < -0.3 is 4.74 Å². The third-order valence-corrected chi connectivity index (χ3v) is 1.60. The molecule has 0 aromatic carbocycles. The monoisotopic (exact) mass is 177 g/mol. The van der Waals surface area contributed by atoms with E-state index in [-0.39, 0.29) is 5.97 Å². The Balaban J connectivity index is 2.85. The van der Waals surface area contributed by atoms with Crippen LogP contribution in [0.3, 0.4) is 0 Å². The summed E-state index contributed by atoms with van der Waals surface area (Å²) in [7, 11) is 1.35. The molecule has 1 rings (SSSR count). The van der Waals surface area contributed by atoms with E-state index in [0.717, 1.165) is 11.3 Å². The molecule has 0 bridgehead atoms. The third-order valence-electron chi connectivity index (χ3n) is 1.60. The zero-order valence-corrected chi connectivity index (χ0v) is 7.65. The molecule has 0 saturated carbocycles. The van der Waals surface area contributed by atoms with Gasteiger partial charge in [-0.25, -0.2) is 4.79 Å². The number of nitrogens with zero attached hydrogens (tertiary/aromatic N) is 1. The smallest absolute Gasteiger partial charge is 0.330 e. The summed E-state index contributed by atoms with van der Waals surface area (Å²) in [6.07, 6.45) is 3.10. The van der Waals surface area contributed by atoms with Gasteiger partial charge in [-0.1, -0.05) is 6.07 Å². The largest absolute Gasteiger partial charge is 0.466 e. The number of carbonyl (C=O) groups excluding carboxylic acids is 1. The van der Waals surface area contributed by atoms with Crippen LogP contribution in [0.5, 0.6) is 0 Å². The summed E-state index contributed by atoms with van der Waals surface area (Å²) in [4.78, 5) is 15.0. The molecule has 3 heteroatoms. The average Bonchev–Trinajstić information content (AvgIpc) is 2.19. The summed E-state index contributed by atoms with van der Waals surface area (Å²) in [5, 5.41) is 0. The molecule has 0 amide bonds. The van der Waals surface area contributed by atoms with Crippen LogP contribution in [0.15, 0.2) is 30.5 Å². The van der Waals surface area contributed by atoms with Crippen LogP contribution in [0, 0.1) is 0 Å². The van der Waals surface area contributed by atoms with Crippen molar-refractivity contribution >= 4 is 11.5 Å². The van der Waals surface area contributed by atoms with Crippen molar-refractivity contribution < 1.29 is 9.53 Å². The second kappa shape index (κ2) is 4.40. The van der Waals surface area contributed by atoms with Crippen LogP contribution in [0.25, 0.3) is 5.57 Å². The molecular weight excluding hydrogens is 166 g/mol. The summed E-state index contributed by atoms with van der Waals surface area (Å²) >= 11 is 0. The van der Waals surface area contributed by atoms with Gasteiger partial charge in [0.2, 0.25) is 0 Å². The number of pyridine rings is 1. The maximum absolute atomic E-state index is 10.9. The van der Waals surface area contributed by atoms with E-state index in [9.17, 15) is 4.79 Å². The lowest BCUT2D eigenvalue weighted by atomic mass is 10.2. The quantitative estimate of drug-likeness (QED) is 0.509. The highest BCUT2D eigenvalue weighted by Gasteiger charge is 1.99. The predicted molar refractivity (Wildman–Crippen MR) is 49.9 cm³/mol. The first-order valence-electron chi connectivity index (χ1n) is 3.91. The highest BCUT2D eigenvalue weighted by atomic mass is 16.5. The van der Waals surface area contributed by atoms with Gasteiger partial charge in [-0.2, -0.15) is 0 Å². The SMILES string of the molecule is COC(=O)C=C(C)c1ccccn1. The minimum absolute atomic E-state index is 0.358. The van der Waals surface area contributed by atoms with Crippen LogP contribution in [-0.2, 0) is 9.53 Å². The van der Waals surface area contributed by atoms with E-state index in [2.05, 4.69) is 9.72 Å². The molecular formula is C10H11NO2. The van der Waals surface area contributed by atoms with Crippen molar-refractivity contribution in [3.05, 3.63) is 36.2 Å². The molecule has 0 spiro atoms. The molecule has 0 unspecified atom stereocenters. The van der Waals surface area contributed by atoms with Gasteiger partial charge in [0.1, 0.15) is 0 Å². The second-order valence-corrected chi connectivity index (χ2v) is 2.57. The van der Waals surface area contributed by atoms with Crippen molar-refractivity contribution in [2.45, 2.75) is 6.92 Å². The second-order valence-electron chi connectivity index (χ2n) is 2.57. The number of hydrogen-bond donors (Lipinski definition) is 0. The van der Waals surface area contributed by atoms with Crippen molar-refractivity contribution in [1.29, 1.82) is 0 Å². The maximum atomic E-state index is 10.9. The Kier molecular flexibility index (Phi) is 3.20. The van der Waals surface area contributed by atoms with Crippen molar-refractivity contribution in [2.75, 3.05) is 7.11 Å². The van der Waals surface area contributed by atoms with E-state index in [0.29, 0.717) is 0 Å². The number of carbonyl (C=O) groups is 1. The molecule has 0 radical (unpaired) electrons. The Labute approximate surface area is 77.1 Å². The highest BCUT2D eigenvalue weighted by molar-refractivity contribution is 5.90. The summed E-state index contributed by atoms with van der Waals surface area (Å²) in [6, 6.07) is 5.54. The molecule has 0 atom stereocenters. The van der Waals surface area contributed by atoms with E-state index in [1.807, 2.05) is 25.1 Å². The predicted octanol–water partition coefficient (Wildman–Crippen LogP) is 1.66. The number of hydrogen-bond acceptors (Lipinski definition) is 3. The molecule has 0 fully saturated rings. The first-order chi connectivity index (χ1) is 6.24. The standard InChI is InChI=1S/C10H11NO2/c1-8(7-10(12)13-2)9-5-3-4-6-11-9/h3-7H,1-2H3. The van der Waals surface area contributed by atoms with Crippen LogP contribution in [0.4, 0.5) is 0 Å². The van der Waals surface area contributed by atoms with E-state index < -0.39 is 0 Å². The summed E-state index contributed by atoms with van der Waals surface area (Å²) < 4.78 is 4.50. The van der Waals surface area contributed by atoms with Gasteiger partial charge in [-0.3, -0.25) is 4.98 Å². The van der Waals surface area contributed by atoms with Gasteiger partial charge in [0.25, 0.3) is 0 Å². The molecule has 68 valence electrons. The number of esters is 1. The molecule has 1 aromatic rings. The fourth-order valence-electron chi connectivity index (χ4n) is 0.906. The zero-order valence-electron chi connectivity index (χ0n) is 7.65. The normalized spacial score (nSPS) is 11.1. The number of aromatic nitrogens is 1. The number of methoxy groups -OCH3 is 1. The lowest BCUT2D eigenvalue weighted by Gasteiger charge is -1.98. The zero-order chi connectivity index (χ0) is 9.68. The maximum Gasteiger partial charge on any atom is 0.330 e. The van der Waals surface area contributed by atoms with Crippen molar-refractivity contribution in [1.82, 2.24) is 4.98 Å². The Morgan fingerprint density at radius 2 is 2.31 bits per heavy atom. The first-order valence-corrected chi connectivity index (χ1v) is 3.91. The fourth-order valence-corrected chi connectivity index (χ4v) is 0.906. The lowest BCUT2D eigenvalue weighted by molar-refractivity contribution is -0.134. The Morgan fingerprint density at radius 1 is 1.54 bits per heavy atom. The van der Waals surface area contributed by atoms with E-state index >= 15 is 0 Å². The molecule has 13 heavy (non-hydrogen) atoms. The van der Waals surface area contributed by atoms with Gasteiger partial charge in [-0.05, 0) is 24.6 Å². The minimum atomic E-state index is -0.358. The topological polar surface area (TPSA) is 39.2 Å². The minimum Gasteiger partial charge on any atom is -0.466 e.